The fourth-order valence-corrected chi connectivity index (χ4v) is 3.20. The first-order valence-corrected chi connectivity index (χ1v) is 8.18. The SMILES string of the molecule is Cc1nc2ncnn2c(C)c1CCC(=O)N1CC(C(=O)O)O[C@H](C)C1. The molecule has 2 atom stereocenters. The van der Waals surface area contributed by atoms with Gasteiger partial charge in [0.15, 0.2) is 6.10 Å². The molecule has 1 aliphatic heterocycles. The highest BCUT2D eigenvalue weighted by Gasteiger charge is 2.32. The van der Waals surface area contributed by atoms with E-state index < -0.39 is 12.1 Å². The summed E-state index contributed by atoms with van der Waals surface area (Å²) in [7, 11) is 0. The van der Waals surface area contributed by atoms with E-state index in [-0.39, 0.29) is 25.0 Å². The summed E-state index contributed by atoms with van der Waals surface area (Å²) in [5.74, 6) is -0.591. The number of carboxylic acid groups (broad SMARTS) is 1. The number of amides is 1. The topological polar surface area (TPSA) is 110 Å². The zero-order chi connectivity index (χ0) is 18.1. The monoisotopic (exact) mass is 347 g/mol. The lowest BCUT2D eigenvalue weighted by atomic mass is 10.1. The van der Waals surface area contributed by atoms with Crippen LogP contribution in [0.3, 0.4) is 0 Å². The lowest BCUT2D eigenvalue weighted by Gasteiger charge is -2.35. The molecule has 9 nitrogen and oxygen atoms in total. The zero-order valence-corrected chi connectivity index (χ0v) is 14.5. The highest BCUT2D eigenvalue weighted by atomic mass is 16.5. The third-order valence-electron chi connectivity index (χ3n) is 4.47. The number of morpholine rings is 1. The normalized spacial score (nSPS) is 20.8. The summed E-state index contributed by atoms with van der Waals surface area (Å²) in [6.45, 7) is 6.07. The first-order chi connectivity index (χ1) is 11.9. The molecule has 0 saturated carbocycles. The minimum Gasteiger partial charge on any atom is -0.479 e. The molecule has 1 unspecified atom stereocenters. The molecule has 2 aromatic rings. The molecule has 25 heavy (non-hydrogen) atoms. The summed E-state index contributed by atoms with van der Waals surface area (Å²) >= 11 is 0. The van der Waals surface area contributed by atoms with Gasteiger partial charge in [-0.15, -0.1) is 0 Å². The van der Waals surface area contributed by atoms with E-state index in [0.717, 1.165) is 17.0 Å². The number of fused-ring (bicyclic) bond motifs is 1. The van der Waals surface area contributed by atoms with Crippen molar-refractivity contribution in [2.45, 2.75) is 45.8 Å². The molecule has 134 valence electrons. The van der Waals surface area contributed by atoms with Gasteiger partial charge in [0.1, 0.15) is 6.33 Å². The number of aliphatic carboxylic acids is 1. The molecule has 0 radical (unpaired) electrons. The van der Waals surface area contributed by atoms with Gasteiger partial charge in [0, 0.05) is 24.4 Å². The van der Waals surface area contributed by atoms with Gasteiger partial charge in [0.2, 0.25) is 5.91 Å². The van der Waals surface area contributed by atoms with E-state index in [9.17, 15) is 9.59 Å². The van der Waals surface area contributed by atoms with Crippen molar-refractivity contribution in [3.05, 3.63) is 23.3 Å². The molecular weight excluding hydrogens is 326 g/mol. The Morgan fingerprint density at radius 3 is 2.84 bits per heavy atom. The summed E-state index contributed by atoms with van der Waals surface area (Å²) in [6, 6.07) is 0. The predicted octanol–water partition coefficient (Wildman–Crippen LogP) is 0.374. The van der Waals surface area contributed by atoms with E-state index in [2.05, 4.69) is 15.1 Å². The first kappa shape index (κ1) is 17.3. The Kier molecular flexibility index (Phi) is 4.67. The summed E-state index contributed by atoms with van der Waals surface area (Å²) in [5.41, 5.74) is 2.69. The minimum absolute atomic E-state index is 0.0802. The molecule has 0 aromatic carbocycles. The number of hydrogen-bond acceptors (Lipinski definition) is 6. The predicted molar refractivity (Wildman–Crippen MR) is 87.1 cm³/mol. The van der Waals surface area contributed by atoms with Crippen molar-refractivity contribution in [1.29, 1.82) is 0 Å². The molecule has 1 fully saturated rings. The maximum absolute atomic E-state index is 12.5. The Morgan fingerprint density at radius 1 is 1.36 bits per heavy atom. The number of nitrogens with zero attached hydrogens (tertiary/aromatic N) is 5. The summed E-state index contributed by atoms with van der Waals surface area (Å²) in [5, 5.41) is 13.3. The molecule has 1 saturated heterocycles. The third-order valence-corrected chi connectivity index (χ3v) is 4.47. The van der Waals surface area contributed by atoms with E-state index in [4.69, 9.17) is 9.84 Å². The van der Waals surface area contributed by atoms with E-state index in [1.165, 1.54) is 6.33 Å². The Balaban J connectivity index is 1.71. The van der Waals surface area contributed by atoms with Gasteiger partial charge < -0.3 is 14.7 Å². The van der Waals surface area contributed by atoms with Gasteiger partial charge in [-0.3, -0.25) is 4.79 Å². The smallest absolute Gasteiger partial charge is 0.334 e. The number of aromatic nitrogens is 4. The number of ether oxygens (including phenoxy) is 1. The number of rotatable bonds is 4. The standard InChI is InChI=1S/C16H21N5O4/c1-9-6-20(7-13(25-9)15(23)24)14(22)5-4-12-10(2)19-16-17-8-18-21(16)11(12)3/h8-9,13H,4-7H2,1-3H3,(H,23,24)/t9-,13?/m1/s1. The quantitative estimate of drug-likeness (QED) is 0.851. The van der Waals surface area contributed by atoms with E-state index >= 15 is 0 Å². The molecule has 1 N–H and O–H groups in total. The number of hydrogen-bond donors (Lipinski definition) is 1. The van der Waals surface area contributed by atoms with Crippen molar-refractivity contribution in [3.63, 3.8) is 0 Å². The summed E-state index contributed by atoms with van der Waals surface area (Å²) in [4.78, 5) is 33.7. The van der Waals surface area contributed by atoms with Crippen molar-refractivity contribution in [2.24, 2.45) is 0 Å². The molecule has 2 aromatic heterocycles. The van der Waals surface area contributed by atoms with Gasteiger partial charge in [-0.1, -0.05) is 0 Å². The van der Waals surface area contributed by atoms with Crippen LogP contribution in [0.25, 0.3) is 5.78 Å². The second-order valence-electron chi connectivity index (χ2n) is 6.31. The second kappa shape index (κ2) is 6.75. The fraction of sp³-hybridized carbons (Fsp3) is 0.562. The summed E-state index contributed by atoms with van der Waals surface area (Å²) < 4.78 is 7.00. The molecular formula is C16H21N5O4. The highest BCUT2D eigenvalue weighted by Crippen LogP contribution is 2.17. The summed E-state index contributed by atoms with van der Waals surface area (Å²) in [6.07, 6.45) is 0.982. The van der Waals surface area contributed by atoms with Crippen LogP contribution in [0.15, 0.2) is 6.33 Å². The van der Waals surface area contributed by atoms with Gasteiger partial charge in [0.25, 0.3) is 5.78 Å². The van der Waals surface area contributed by atoms with Crippen molar-refractivity contribution < 1.29 is 19.4 Å². The second-order valence-corrected chi connectivity index (χ2v) is 6.31. The molecule has 3 heterocycles. The number of aryl methyl sites for hydroxylation is 2. The number of carboxylic acids is 1. The van der Waals surface area contributed by atoms with E-state index in [1.807, 2.05) is 13.8 Å². The third kappa shape index (κ3) is 3.46. The first-order valence-electron chi connectivity index (χ1n) is 8.18. The van der Waals surface area contributed by atoms with Crippen molar-refractivity contribution in [1.82, 2.24) is 24.5 Å². The van der Waals surface area contributed by atoms with Crippen LogP contribution >= 0.6 is 0 Å². The largest absolute Gasteiger partial charge is 0.479 e. The molecule has 0 spiro atoms. The van der Waals surface area contributed by atoms with Crippen LogP contribution in [0.5, 0.6) is 0 Å². The van der Waals surface area contributed by atoms with Crippen LogP contribution in [-0.4, -0.2) is 66.8 Å². The van der Waals surface area contributed by atoms with Crippen LogP contribution in [0.2, 0.25) is 0 Å². The molecule has 1 aliphatic rings. The van der Waals surface area contributed by atoms with Crippen LogP contribution < -0.4 is 0 Å². The lowest BCUT2D eigenvalue weighted by Crippen LogP contribution is -2.51. The van der Waals surface area contributed by atoms with Crippen molar-refractivity contribution >= 4 is 17.7 Å². The van der Waals surface area contributed by atoms with Crippen LogP contribution in [0, 0.1) is 13.8 Å². The van der Waals surface area contributed by atoms with Crippen LogP contribution in [-0.2, 0) is 20.7 Å². The van der Waals surface area contributed by atoms with Crippen LogP contribution in [0.4, 0.5) is 0 Å². The maximum atomic E-state index is 12.5. The van der Waals surface area contributed by atoms with Gasteiger partial charge in [0.05, 0.1) is 12.6 Å². The van der Waals surface area contributed by atoms with Gasteiger partial charge in [-0.2, -0.15) is 10.1 Å². The van der Waals surface area contributed by atoms with Gasteiger partial charge in [-0.05, 0) is 32.8 Å². The lowest BCUT2D eigenvalue weighted by molar-refractivity contribution is -0.166. The van der Waals surface area contributed by atoms with E-state index in [1.54, 1.807) is 16.3 Å². The van der Waals surface area contributed by atoms with Gasteiger partial charge >= 0.3 is 5.97 Å². The highest BCUT2D eigenvalue weighted by molar-refractivity contribution is 5.79. The molecule has 1 amide bonds. The Hall–Kier alpha value is -2.55. The zero-order valence-electron chi connectivity index (χ0n) is 14.5. The van der Waals surface area contributed by atoms with Gasteiger partial charge in [-0.25, -0.2) is 14.3 Å². The molecule has 0 aliphatic carbocycles. The number of carbonyl (C=O) groups excluding carboxylic acids is 1. The Morgan fingerprint density at radius 2 is 2.12 bits per heavy atom. The average molecular weight is 347 g/mol. The Labute approximate surface area is 144 Å². The number of carbonyl (C=O) groups is 2. The van der Waals surface area contributed by atoms with Crippen LogP contribution in [0.1, 0.15) is 30.3 Å². The average Bonchev–Trinajstić information content (AvgIpc) is 3.02. The Bertz CT molecular complexity index is 818. The van der Waals surface area contributed by atoms with E-state index in [0.29, 0.717) is 18.7 Å². The molecule has 9 heteroatoms. The molecule has 3 rings (SSSR count). The fourth-order valence-electron chi connectivity index (χ4n) is 3.20. The minimum atomic E-state index is -1.04. The molecule has 0 bridgehead atoms. The maximum Gasteiger partial charge on any atom is 0.334 e. The van der Waals surface area contributed by atoms with Crippen molar-refractivity contribution in [2.75, 3.05) is 13.1 Å². The van der Waals surface area contributed by atoms with Crippen molar-refractivity contribution in [3.8, 4) is 0 Å².